The molecule has 0 saturated heterocycles. The van der Waals surface area contributed by atoms with Crippen LogP contribution in [0.3, 0.4) is 0 Å². The number of aromatic carboxylic acids is 1. The second-order valence-corrected chi connectivity index (χ2v) is 6.21. The summed E-state index contributed by atoms with van der Waals surface area (Å²) >= 11 is 0. The number of benzene rings is 1. The van der Waals surface area contributed by atoms with Gasteiger partial charge in [-0.2, -0.15) is 0 Å². The Balaban J connectivity index is 2.09. The Morgan fingerprint density at radius 1 is 1.50 bits per heavy atom. The number of fused-ring (bicyclic) bond motifs is 1. The van der Waals surface area contributed by atoms with Gasteiger partial charge in [-0.15, -0.1) is 0 Å². The van der Waals surface area contributed by atoms with E-state index in [1.54, 1.807) is 0 Å². The third-order valence-electron chi connectivity index (χ3n) is 4.41. The number of nitrogens with one attached hydrogen (secondary N) is 1. The Labute approximate surface area is 116 Å². The molecule has 1 unspecified atom stereocenters. The highest BCUT2D eigenvalue weighted by atomic mass is 19.1. The quantitative estimate of drug-likeness (QED) is 0.879. The van der Waals surface area contributed by atoms with Crippen molar-refractivity contribution in [1.82, 2.24) is 9.97 Å². The number of aromatic amines is 1. The van der Waals surface area contributed by atoms with E-state index in [4.69, 9.17) is 5.11 Å². The Morgan fingerprint density at radius 2 is 2.25 bits per heavy atom. The predicted molar refractivity (Wildman–Crippen MR) is 73.4 cm³/mol. The van der Waals surface area contributed by atoms with E-state index in [0.29, 0.717) is 17.0 Å². The fourth-order valence-electron chi connectivity index (χ4n) is 3.21. The van der Waals surface area contributed by atoms with Crippen LogP contribution in [0.15, 0.2) is 12.1 Å². The lowest BCUT2D eigenvalue weighted by molar-refractivity contribution is 0.0692. The highest BCUT2D eigenvalue weighted by Crippen LogP contribution is 2.48. The summed E-state index contributed by atoms with van der Waals surface area (Å²) in [6.45, 7) is 4.42. The number of carbonyl (C=O) groups is 1. The number of H-pyrrole nitrogens is 1. The molecule has 3 rings (SSSR count). The first-order valence-corrected chi connectivity index (χ1v) is 6.81. The van der Waals surface area contributed by atoms with Crippen molar-refractivity contribution in [3.8, 4) is 0 Å². The molecule has 0 aliphatic heterocycles. The van der Waals surface area contributed by atoms with Gasteiger partial charge in [0.05, 0.1) is 16.6 Å². The molecule has 1 atom stereocenters. The molecule has 4 nitrogen and oxygen atoms in total. The van der Waals surface area contributed by atoms with Gasteiger partial charge < -0.3 is 10.1 Å². The molecule has 1 aliphatic rings. The van der Waals surface area contributed by atoms with E-state index in [-0.39, 0.29) is 11.0 Å². The maximum absolute atomic E-state index is 13.7. The lowest BCUT2D eigenvalue weighted by Crippen LogP contribution is -2.16. The maximum Gasteiger partial charge on any atom is 0.338 e. The number of halogens is 1. The van der Waals surface area contributed by atoms with E-state index >= 15 is 0 Å². The summed E-state index contributed by atoms with van der Waals surface area (Å²) in [4.78, 5) is 18.6. The minimum atomic E-state index is -1.27. The zero-order valence-corrected chi connectivity index (χ0v) is 11.5. The fraction of sp³-hybridized carbons (Fsp3) is 0.467. The third kappa shape index (κ3) is 1.97. The SMILES string of the molecule is CC1(C)CCCC1c1nc2cc(C(=O)O)c(F)cc2[nH]1. The Kier molecular flexibility index (Phi) is 2.81. The molecule has 1 saturated carbocycles. The van der Waals surface area contributed by atoms with Crippen LogP contribution in [-0.4, -0.2) is 21.0 Å². The summed E-state index contributed by atoms with van der Waals surface area (Å²) in [5.41, 5.74) is 0.912. The third-order valence-corrected chi connectivity index (χ3v) is 4.41. The van der Waals surface area contributed by atoms with Crippen molar-refractivity contribution in [3.63, 3.8) is 0 Å². The number of aromatic nitrogens is 2. The molecule has 2 aromatic rings. The van der Waals surface area contributed by atoms with Crippen molar-refractivity contribution in [2.24, 2.45) is 5.41 Å². The summed E-state index contributed by atoms with van der Waals surface area (Å²) in [7, 11) is 0. The average molecular weight is 276 g/mol. The second kappa shape index (κ2) is 4.30. The normalized spacial score (nSPS) is 21.4. The van der Waals surface area contributed by atoms with Crippen molar-refractivity contribution < 1.29 is 14.3 Å². The molecule has 1 aromatic heterocycles. The largest absolute Gasteiger partial charge is 0.478 e. The summed E-state index contributed by atoms with van der Waals surface area (Å²) in [6, 6.07) is 2.52. The highest BCUT2D eigenvalue weighted by Gasteiger charge is 2.37. The smallest absolute Gasteiger partial charge is 0.338 e. The molecule has 1 aromatic carbocycles. The van der Waals surface area contributed by atoms with Gasteiger partial charge in [-0.25, -0.2) is 14.2 Å². The topological polar surface area (TPSA) is 66.0 Å². The molecule has 20 heavy (non-hydrogen) atoms. The molecule has 5 heteroatoms. The van der Waals surface area contributed by atoms with Gasteiger partial charge in [0.25, 0.3) is 0 Å². The first-order valence-electron chi connectivity index (χ1n) is 6.81. The minimum Gasteiger partial charge on any atom is -0.478 e. The van der Waals surface area contributed by atoms with E-state index in [1.165, 1.54) is 12.1 Å². The minimum absolute atomic E-state index is 0.169. The van der Waals surface area contributed by atoms with Crippen molar-refractivity contribution in [2.45, 2.75) is 39.0 Å². The Bertz CT molecular complexity index is 690. The highest BCUT2D eigenvalue weighted by molar-refractivity contribution is 5.92. The number of hydrogen-bond acceptors (Lipinski definition) is 2. The van der Waals surface area contributed by atoms with Gasteiger partial charge in [0.15, 0.2) is 0 Å². The van der Waals surface area contributed by atoms with Crippen LogP contribution in [0, 0.1) is 11.2 Å². The maximum atomic E-state index is 13.7. The molecule has 106 valence electrons. The van der Waals surface area contributed by atoms with Crippen LogP contribution in [0.2, 0.25) is 0 Å². The molecular weight excluding hydrogens is 259 g/mol. The van der Waals surface area contributed by atoms with E-state index in [1.807, 2.05) is 0 Å². The monoisotopic (exact) mass is 276 g/mol. The number of nitrogens with zero attached hydrogens (tertiary/aromatic N) is 1. The molecule has 1 aliphatic carbocycles. The molecule has 1 heterocycles. The molecule has 0 bridgehead atoms. The summed E-state index contributed by atoms with van der Waals surface area (Å²) in [5.74, 6) is -0.850. The van der Waals surface area contributed by atoms with Crippen LogP contribution in [-0.2, 0) is 0 Å². The van der Waals surface area contributed by atoms with Crippen molar-refractivity contribution in [2.75, 3.05) is 0 Å². The number of carboxylic acid groups (broad SMARTS) is 1. The van der Waals surface area contributed by atoms with Crippen LogP contribution >= 0.6 is 0 Å². The second-order valence-electron chi connectivity index (χ2n) is 6.21. The lowest BCUT2D eigenvalue weighted by Gasteiger charge is -2.24. The number of imidazole rings is 1. The van der Waals surface area contributed by atoms with E-state index in [2.05, 4.69) is 23.8 Å². The van der Waals surface area contributed by atoms with Gasteiger partial charge >= 0.3 is 5.97 Å². The van der Waals surface area contributed by atoms with Crippen LogP contribution < -0.4 is 0 Å². The summed E-state index contributed by atoms with van der Waals surface area (Å²) in [5, 5.41) is 8.95. The lowest BCUT2D eigenvalue weighted by atomic mass is 9.81. The molecule has 0 amide bonds. The molecule has 2 N–H and O–H groups in total. The van der Waals surface area contributed by atoms with Gasteiger partial charge in [-0.3, -0.25) is 0 Å². The predicted octanol–water partition coefficient (Wildman–Crippen LogP) is 3.69. The first-order chi connectivity index (χ1) is 9.38. The van der Waals surface area contributed by atoms with Crippen LogP contribution in [0.5, 0.6) is 0 Å². The standard InChI is InChI=1S/C15H17FN2O2/c1-15(2)5-3-4-9(15)13-17-11-6-8(14(19)20)10(16)7-12(11)18-13/h6-7,9H,3-5H2,1-2H3,(H,17,18)(H,19,20). The van der Waals surface area contributed by atoms with Crippen molar-refractivity contribution in [1.29, 1.82) is 0 Å². The first kappa shape index (κ1) is 13.1. The van der Waals surface area contributed by atoms with Gasteiger partial charge in [0, 0.05) is 12.0 Å². The van der Waals surface area contributed by atoms with Crippen molar-refractivity contribution >= 4 is 17.0 Å². The van der Waals surface area contributed by atoms with Gasteiger partial charge in [0.1, 0.15) is 11.6 Å². The van der Waals surface area contributed by atoms with Crippen molar-refractivity contribution in [3.05, 3.63) is 29.3 Å². The molecule has 0 spiro atoms. The van der Waals surface area contributed by atoms with Gasteiger partial charge in [-0.05, 0) is 24.3 Å². The Hall–Kier alpha value is -1.91. The zero-order chi connectivity index (χ0) is 14.5. The number of hydrogen-bond donors (Lipinski definition) is 2. The fourth-order valence-corrected chi connectivity index (χ4v) is 3.21. The summed E-state index contributed by atoms with van der Waals surface area (Å²) < 4.78 is 13.7. The Morgan fingerprint density at radius 3 is 2.85 bits per heavy atom. The van der Waals surface area contributed by atoms with Gasteiger partial charge in [0.2, 0.25) is 0 Å². The molecule has 0 radical (unpaired) electrons. The van der Waals surface area contributed by atoms with Gasteiger partial charge in [-0.1, -0.05) is 20.3 Å². The number of carboxylic acids is 1. The zero-order valence-electron chi connectivity index (χ0n) is 11.5. The van der Waals surface area contributed by atoms with E-state index in [0.717, 1.165) is 25.1 Å². The summed E-state index contributed by atoms with van der Waals surface area (Å²) in [6.07, 6.45) is 3.36. The average Bonchev–Trinajstić information content (AvgIpc) is 2.89. The number of rotatable bonds is 2. The van der Waals surface area contributed by atoms with E-state index < -0.39 is 11.8 Å². The van der Waals surface area contributed by atoms with Crippen LogP contribution in [0.25, 0.3) is 11.0 Å². The molecule has 1 fully saturated rings. The molecular formula is C15H17FN2O2. The van der Waals surface area contributed by atoms with Crippen LogP contribution in [0.1, 0.15) is 55.2 Å². The van der Waals surface area contributed by atoms with E-state index in [9.17, 15) is 9.18 Å². The van der Waals surface area contributed by atoms with Crippen LogP contribution in [0.4, 0.5) is 4.39 Å².